The molecule has 0 saturated heterocycles. The van der Waals surface area contributed by atoms with Gasteiger partial charge in [-0.2, -0.15) is 25.3 Å². The molecule has 2 nitrogen and oxygen atoms in total. The van der Waals surface area contributed by atoms with Crippen LogP contribution in [0.5, 0.6) is 0 Å². The molecule has 0 spiro atoms. The van der Waals surface area contributed by atoms with E-state index in [-0.39, 0.29) is 0 Å². The summed E-state index contributed by atoms with van der Waals surface area (Å²) in [6, 6.07) is 8.09. The standard InChI is InChI=1S/C15H18N2S2/c1-11(15-13(10-19)5-3-7-17-15)8-14-12(9-18)4-2-6-16-14/h2-7,11,18-19H,8-10H2,1H3. The lowest BCUT2D eigenvalue weighted by molar-refractivity contribution is 0.704. The van der Waals surface area contributed by atoms with Crippen molar-refractivity contribution in [3.63, 3.8) is 0 Å². The van der Waals surface area contributed by atoms with Gasteiger partial charge in [-0.1, -0.05) is 19.1 Å². The molecule has 19 heavy (non-hydrogen) atoms. The highest BCUT2D eigenvalue weighted by atomic mass is 32.1. The Hall–Kier alpha value is -1.00. The first-order chi connectivity index (χ1) is 9.26. The van der Waals surface area contributed by atoms with Crippen LogP contribution in [-0.2, 0) is 17.9 Å². The molecule has 0 aliphatic rings. The molecule has 0 aromatic carbocycles. The number of hydrogen-bond donors (Lipinski definition) is 2. The molecule has 0 N–H and O–H groups in total. The van der Waals surface area contributed by atoms with Crippen molar-refractivity contribution in [3.8, 4) is 0 Å². The van der Waals surface area contributed by atoms with Crippen LogP contribution in [-0.4, -0.2) is 9.97 Å². The van der Waals surface area contributed by atoms with Crippen LogP contribution in [0, 0.1) is 0 Å². The van der Waals surface area contributed by atoms with Crippen LogP contribution in [0.3, 0.4) is 0 Å². The maximum atomic E-state index is 4.51. The Balaban J connectivity index is 2.23. The van der Waals surface area contributed by atoms with E-state index < -0.39 is 0 Å². The third-order valence-corrected chi connectivity index (χ3v) is 3.90. The summed E-state index contributed by atoms with van der Waals surface area (Å²) >= 11 is 8.73. The van der Waals surface area contributed by atoms with Crippen molar-refractivity contribution < 1.29 is 0 Å². The highest BCUT2D eigenvalue weighted by Crippen LogP contribution is 2.23. The molecule has 0 bridgehead atoms. The molecule has 0 aliphatic carbocycles. The average molecular weight is 290 g/mol. The van der Waals surface area contributed by atoms with Crippen molar-refractivity contribution in [2.45, 2.75) is 30.8 Å². The Morgan fingerprint density at radius 2 is 1.63 bits per heavy atom. The third-order valence-electron chi connectivity index (χ3n) is 3.22. The van der Waals surface area contributed by atoms with Crippen LogP contribution in [0.15, 0.2) is 36.7 Å². The van der Waals surface area contributed by atoms with Crippen LogP contribution >= 0.6 is 25.3 Å². The highest BCUT2D eigenvalue weighted by molar-refractivity contribution is 7.79. The first-order valence-electron chi connectivity index (χ1n) is 6.34. The lowest BCUT2D eigenvalue weighted by Gasteiger charge is -2.15. The molecule has 0 amide bonds. The lowest BCUT2D eigenvalue weighted by Crippen LogP contribution is -2.07. The van der Waals surface area contributed by atoms with Crippen molar-refractivity contribution in [2.75, 3.05) is 0 Å². The second-order valence-electron chi connectivity index (χ2n) is 4.58. The van der Waals surface area contributed by atoms with Crippen molar-refractivity contribution in [1.29, 1.82) is 0 Å². The minimum absolute atomic E-state index is 0.330. The van der Waals surface area contributed by atoms with Crippen molar-refractivity contribution >= 4 is 25.3 Å². The van der Waals surface area contributed by atoms with Crippen LogP contribution < -0.4 is 0 Å². The summed E-state index contributed by atoms with van der Waals surface area (Å²) in [5, 5.41) is 0. The zero-order valence-corrected chi connectivity index (χ0v) is 12.7. The Morgan fingerprint density at radius 1 is 1.00 bits per heavy atom. The van der Waals surface area contributed by atoms with Gasteiger partial charge in [0.25, 0.3) is 0 Å². The van der Waals surface area contributed by atoms with E-state index in [1.807, 2.05) is 24.5 Å². The molecule has 1 unspecified atom stereocenters. The number of pyridine rings is 2. The number of rotatable bonds is 5. The Morgan fingerprint density at radius 3 is 2.32 bits per heavy atom. The molecule has 2 rings (SSSR count). The van der Waals surface area contributed by atoms with E-state index in [1.165, 1.54) is 11.1 Å². The minimum Gasteiger partial charge on any atom is -0.261 e. The van der Waals surface area contributed by atoms with E-state index in [1.54, 1.807) is 0 Å². The first-order valence-corrected chi connectivity index (χ1v) is 7.61. The van der Waals surface area contributed by atoms with Gasteiger partial charge in [0.1, 0.15) is 0 Å². The molecule has 1 atom stereocenters. The Bertz CT molecular complexity index is 543. The van der Waals surface area contributed by atoms with Crippen molar-refractivity contribution in [1.82, 2.24) is 9.97 Å². The fraction of sp³-hybridized carbons (Fsp3) is 0.333. The van der Waals surface area contributed by atoms with Gasteiger partial charge >= 0.3 is 0 Å². The van der Waals surface area contributed by atoms with Gasteiger partial charge in [-0.05, 0) is 29.7 Å². The van der Waals surface area contributed by atoms with E-state index in [0.29, 0.717) is 5.92 Å². The summed E-state index contributed by atoms with van der Waals surface area (Å²) in [5.41, 5.74) is 4.62. The van der Waals surface area contributed by atoms with E-state index >= 15 is 0 Å². The van der Waals surface area contributed by atoms with Gasteiger partial charge < -0.3 is 0 Å². The summed E-state index contributed by atoms with van der Waals surface area (Å²) in [7, 11) is 0. The summed E-state index contributed by atoms with van der Waals surface area (Å²) in [6.07, 6.45) is 4.57. The van der Waals surface area contributed by atoms with Gasteiger partial charge in [0.2, 0.25) is 0 Å². The zero-order chi connectivity index (χ0) is 13.7. The highest BCUT2D eigenvalue weighted by Gasteiger charge is 2.14. The van der Waals surface area contributed by atoms with E-state index in [0.717, 1.165) is 29.3 Å². The smallest absolute Gasteiger partial charge is 0.0475 e. The van der Waals surface area contributed by atoms with Crippen molar-refractivity contribution in [3.05, 3.63) is 59.2 Å². The molecule has 2 aromatic rings. The van der Waals surface area contributed by atoms with E-state index in [4.69, 9.17) is 0 Å². The molecule has 0 saturated carbocycles. The zero-order valence-electron chi connectivity index (χ0n) is 11.0. The van der Waals surface area contributed by atoms with Gasteiger partial charge in [0, 0.05) is 41.2 Å². The first kappa shape index (κ1) is 14.4. The Labute approximate surface area is 125 Å². The topological polar surface area (TPSA) is 25.8 Å². The fourth-order valence-corrected chi connectivity index (χ4v) is 2.77. The van der Waals surface area contributed by atoms with Crippen LogP contribution in [0.2, 0.25) is 0 Å². The number of hydrogen-bond acceptors (Lipinski definition) is 4. The number of aromatic nitrogens is 2. The maximum Gasteiger partial charge on any atom is 0.0475 e. The predicted octanol–water partition coefficient (Wildman–Crippen LogP) is 3.68. The molecule has 2 aromatic heterocycles. The summed E-state index contributed by atoms with van der Waals surface area (Å²) in [4.78, 5) is 8.98. The molecule has 4 heteroatoms. The number of nitrogens with zero attached hydrogens (tertiary/aromatic N) is 2. The number of thiol groups is 2. The van der Waals surface area contributed by atoms with Gasteiger partial charge in [-0.15, -0.1) is 0 Å². The summed E-state index contributed by atoms with van der Waals surface area (Å²) in [5.74, 6) is 1.77. The van der Waals surface area contributed by atoms with Crippen LogP contribution in [0.4, 0.5) is 0 Å². The Kier molecular flexibility index (Phi) is 5.28. The van der Waals surface area contributed by atoms with Gasteiger partial charge in [-0.3, -0.25) is 9.97 Å². The SMILES string of the molecule is CC(Cc1ncccc1CS)c1ncccc1CS. The van der Waals surface area contributed by atoms with Gasteiger partial charge in [0.15, 0.2) is 0 Å². The maximum absolute atomic E-state index is 4.51. The molecular weight excluding hydrogens is 272 g/mol. The molecule has 0 radical (unpaired) electrons. The minimum atomic E-state index is 0.330. The fourth-order valence-electron chi connectivity index (χ4n) is 2.21. The molecule has 2 heterocycles. The molecule has 0 fully saturated rings. The summed E-state index contributed by atoms with van der Waals surface area (Å²) in [6.45, 7) is 2.19. The van der Waals surface area contributed by atoms with E-state index in [2.05, 4.69) is 54.3 Å². The second-order valence-corrected chi connectivity index (χ2v) is 5.21. The van der Waals surface area contributed by atoms with Crippen molar-refractivity contribution in [2.24, 2.45) is 0 Å². The second kappa shape index (κ2) is 6.96. The normalized spacial score (nSPS) is 12.4. The summed E-state index contributed by atoms with van der Waals surface area (Å²) < 4.78 is 0. The average Bonchev–Trinajstić information content (AvgIpc) is 2.47. The largest absolute Gasteiger partial charge is 0.261 e. The molecular formula is C15H18N2S2. The molecule has 0 aliphatic heterocycles. The molecule has 100 valence electrons. The van der Waals surface area contributed by atoms with Crippen LogP contribution in [0.1, 0.15) is 35.4 Å². The monoisotopic (exact) mass is 290 g/mol. The third kappa shape index (κ3) is 3.51. The van der Waals surface area contributed by atoms with Crippen LogP contribution in [0.25, 0.3) is 0 Å². The lowest BCUT2D eigenvalue weighted by atomic mass is 9.96. The predicted molar refractivity (Wildman–Crippen MR) is 86.0 cm³/mol. The quantitative estimate of drug-likeness (QED) is 0.821. The van der Waals surface area contributed by atoms with Gasteiger partial charge in [0.05, 0.1) is 0 Å². The van der Waals surface area contributed by atoms with E-state index in [9.17, 15) is 0 Å². The van der Waals surface area contributed by atoms with Gasteiger partial charge in [-0.25, -0.2) is 0 Å².